The van der Waals surface area contributed by atoms with E-state index >= 15 is 0 Å². The lowest BCUT2D eigenvalue weighted by molar-refractivity contribution is -0.138. The van der Waals surface area contributed by atoms with E-state index in [0.29, 0.717) is 43.6 Å². The second-order valence-corrected chi connectivity index (χ2v) is 7.99. The molecule has 0 radical (unpaired) electrons. The highest BCUT2D eigenvalue weighted by molar-refractivity contribution is 5.79. The van der Waals surface area contributed by atoms with Gasteiger partial charge in [-0.2, -0.15) is 18.2 Å². The van der Waals surface area contributed by atoms with Gasteiger partial charge in [0.05, 0.1) is 12.1 Å². The standard InChI is InChI=1S/C21H30F3N5O2/c1-6-25-19(26-11-7-8-18-28-14(2)29-31-18)27-13-15-9-10-16(30-20(3,4)5)12-17(15)21(22,23)24/h9-10,12H,6-8,11,13H2,1-5H3,(H2,25,26,27). The molecule has 2 N–H and O–H groups in total. The van der Waals surface area contributed by atoms with Crippen LogP contribution < -0.4 is 15.4 Å². The molecule has 7 nitrogen and oxygen atoms in total. The summed E-state index contributed by atoms with van der Waals surface area (Å²) in [6.45, 7) is 10.0. The summed E-state index contributed by atoms with van der Waals surface area (Å²) in [5.74, 6) is 1.74. The number of benzene rings is 1. The van der Waals surface area contributed by atoms with Gasteiger partial charge >= 0.3 is 6.18 Å². The van der Waals surface area contributed by atoms with Crippen LogP contribution in [0.2, 0.25) is 0 Å². The number of ether oxygens (including phenoxy) is 1. The highest BCUT2D eigenvalue weighted by atomic mass is 19.4. The fourth-order valence-corrected chi connectivity index (χ4v) is 2.77. The maximum absolute atomic E-state index is 13.6. The first kappa shape index (κ1) is 24.5. The lowest BCUT2D eigenvalue weighted by Crippen LogP contribution is -2.37. The molecule has 10 heteroatoms. The zero-order valence-corrected chi connectivity index (χ0v) is 18.6. The van der Waals surface area contributed by atoms with E-state index in [2.05, 4.69) is 25.8 Å². The normalized spacial score (nSPS) is 12.7. The minimum Gasteiger partial charge on any atom is -0.488 e. The smallest absolute Gasteiger partial charge is 0.416 e. The number of aromatic nitrogens is 2. The van der Waals surface area contributed by atoms with Gasteiger partial charge in [-0.05, 0) is 58.7 Å². The van der Waals surface area contributed by atoms with Gasteiger partial charge in [-0.3, -0.25) is 0 Å². The molecule has 1 aromatic heterocycles. The summed E-state index contributed by atoms with van der Waals surface area (Å²) in [5, 5.41) is 9.88. The Kier molecular flexibility index (Phi) is 8.29. The van der Waals surface area contributed by atoms with Crippen molar-refractivity contribution >= 4 is 5.96 Å². The van der Waals surface area contributed by atoms with Crippen LogP contribution in [0.5, 0.6) is 5.75 Å². The van der Waals surface area contributed by atoms with Gasteiger partial charge < -0.3 is 19.9 Å². The maximum atomic E-state index is 13.6. The van der Waals surface area contributed by atoms with Gasteiger partial charge in [0, 0.05) is 19.5 Å². The van der Waals surface area contributed by atoms with Crippen LogP contribution in [0.15, 0.2) is 27.7 Å². The first-order valence-corrected chi connectivity index (χ1v) is 10.2. The first-order valence-electron chi connectivity index (χ1n) is 10.2. The number of nitrogens with one attached hydrogen (secondary N) is 2. The first-order chi connectivity index (χ1) is 14.5. The van der Waals surface area contributed by atoms with Gasteiger partial charge in [0.1, 0.15) is 11.4 Å². The summed E-state index contributed by atoms with van der Waals surface area (Å²) in [6, 6.07) is 3.98. The number of hydrogen-bond acceptors (Lipinski definition) is 5. The van der Waals surface area contributed by atoms with E-state index < -0.39 is 17.3 Å². The number of aliphatic imine (C=N–C) groups is 1. The van der Waals surface area contributed by atoms with E-state index in [9.17, 15) is 13.2 Å². The highest BCUT2D eigenvalue weighted by Crippen LogP contribution is 2.35. The molecule has 0 unspecified atom stereocenters. The van der Waals surface area contributed by atoms with E-state index in [0.717, 1.165) is 6.07 Å². The molecule has 1 aromatic carbocycles. The SMILES string of the molecule is CCNC(=NCc1ccc(OC(C)(C)C)cc1C(F)(F)F)NCCCc1nc(C)no1. The Bertz CT molecular complexity index is 873. The predicted octanol–water partition coefficient (Wildman–Crippen LogP) is 4.26. The molecule has 0 saturated carbocycles. The molecule has 2 aromatic rings. The van der Waals surface area contributed by atoms with Gasteiger partial charge in [-0.1, -0.05) is 11.2 Å². The molecule has 31 heavy (non-hydrogen) atoms. The van der Waals surface area contributed by atoms with E-state index in [-0.39, 0.29) is 17.9 Å². The van der Waals surface area contributed by atoms with Crippen molar-refractivity contribution in [3.63, 3.8) is 0 Å². The van der Waals surface area contributed by atoms with E-state index in [1.165, 1.54) is 12.1 Å². The summed E-state index contributed by atoms with van der Waals surface area (Å²) < 4.78 is 51.4. The summed E-state index contributed by atoms with van der Waals surface area (Å²) in [4.78, 5) is 8.45. The van der Waals surface area contributed by atoms with Crippen LogP contribution in [0.3, 0.4) is 0 Å². The number of nitrogens with zero attached hydrogens (tertiary/aromatic N) is 3. The van der Waals surface area contributed by atoms with Crippen molar-refractivity contribution in [3.8, 4) is 5.75 Å². The van der Waals surface area contributed by atoms with Crippen LogP contribution in [0.4, 0.5) is 13.2 Å². The Labute approximate surface area is 180 Å². The van der Waals surface area contributed by atoms with Gasteiger partial charge in [0.2, 0.25) is 5.89 Å². The molecule has 0 aliphatic rings. The molecular weight excluding hydrogens is 411 g/mol. The molecule has 0 aliphatic heterocycles. The van der Waals surface area contributed by atoms with Crippen molar-refractivity contribution in [2.75, 3.05) is 13.1 Å². The third-order valence-electron chi connectivity index (χ3n) is 3.99. The fourth-order valence-electron chi connectivity index (χ4n) is 2.77. The molecule has 2 rings (SSSR count). The van der Waals surface area contributed by atoms with Crippen molar-refractivity contribution in [2.45, 2.75) is 65.8 Å². The van der Waals surface area contributed by atoms with Gasteiger partial charge in [-0.25, -0.2) is 4.99 Å². The zero-order chi connectivity index (χ0) is 23.1. The third kappa shape index (κ3) is 8.47. The lowest BCUT2D eigenvalue weighted by Gasteiger charge is -2.22. The average Bonchev–Trinajstić information content (AvgIpc) is 3.07. The largest absolute Gasteiger partial charge is 0.488 e. The quantitative estimate of drug-likeness (QED) is 0.362. The molecule has 0 amide bonds. The fraction of sp³-hybridized carbons (Fsp3) is 0.571. The number of aryl methyl sites for hydroxylation is 2. The van der Waals surface area contributed by atoms with Crippen molar-refractivity contribution in [2.24, 2.45) is 4.99 Å². The Balaban J connectivity index is 2.05. The molecular formula is C21H30F3N5O2. The van der Waals surface area contributed by atoms with Crippen molar-refractivity contribution in [3.05, 3.63) is 41.0 Å². The molecule has 0 spiro atoms. The molecule has 0 atom stereocenters. The van der Waals surface area contributed by atoms with E-state index in [4.69, 9.17) is 9.26 Å². The zero-order valence-electron chi connectivity index (χ0n) is 18.6. The van der Waals surface area contributed by atoms with Gasteiger partial charge in [0.15, 0.2) is 11.8 Å². The summed E-state index contributed by atoms with van der Waals surface area (Å²) in [5.41, 5.74) is -1.27. The van der Waals surface area contributed by atoms with Crippen molar-refractivity contribution in [1.29, 1.82) is 0 Å². The van der Waals surface area contributed by atoms with Crippen molar-refractivity contribution in [1.82, 2.24) is 20.8 Å². The van der Waals surface area contributed by atoms with Crippen LogP contribution in [0.1, 0.15) is 57.0 Å². The Morgan fingerprint density at radius 1 is 1.19 bits per heavy atom. The number of halogens is 3. The molecule has 0 saturated heterocycles. The van der Waals surface area contributed by atoms with Crippen LogP contribution in [0, 0.1) is 6.92 Å². The van der Waals surface area contributed by atoms with E-state index in [1.807, 2.05) is 6.92 Å². The molecule has 0 aliphatic carbocycles. The number of alkyl halides is 3. The van der Waals surface area contributed by atoms with E-state index in [1.54, 1.807) is 27.7 Å². The average molecular weight is 441 g/mol. The molecule has 172 valence electrons. The van der Waals surface area contributed by atoms with Gasteiger partial charge in [-0.15, -0.1) is 0 Å². The second kappa shape index (κ2) is 10.5. The topological polar surface area (TPSA) is 84.6 Å². The highest BCUT2D eigenvalue weighted by Gasteiger charge is 2.34. The molecule has 0 bridgehead atoms. The van der Waals surface area contributed by atoms with Crippen LogP contribution in [0.25, 0.3) is 0 Å². The minimum atomic E-state index is -4.50. The second-order valence-electron chi connectivity index (χ2n) is 7.99. The maximum Gasteiger partial charge on any atom is 0.416 e. The summed E-state index contributed by atoms with van der Waals surface area (Å²) in [7, 11) is 0. The Morgan fingerprint density at radius 2 is 1.94 bits per heavy atom. The Morgan fingerprint density at radius 3 is 2.52 bits per heavy atom. The monoisotopic (exact) mass is 441 g/mol. The molecule has 0 fully saturated rings. The Hall–Kier alpha value is -2.78. The minimum absolute atomic E-state index is 0.0762. The van der Waals surface area contributed by atoms with Gasteiger partial charge in [0.25, 0.3) is 0 Å². The number of guanidine groups is 1. The third-order valence-corrected chi connectivity index (χ3v) is 3.99. The van der Waals surface area contributed by atoms with Crippen LogP contribution in [-0.4, -0.2) is 34.8 Å². The van der Waals surface area contributed by atoms with Crippen LogP contribution >= 0.6 is 0 Å². The van der Waals surface area contributed by atoms with Crippen LogP contribution in [-0.2, 0) is 19.1 Å². The molecule has 1 heterocycles. The lowest BCUT2D eigenvalue weighted by atomic mass is 10.1. The number of rotatable bonds is 8. The summed E-state index contributed by atoms with van der Waals surface area (Å²) >= 11 is 0. The van der Waals surface area contributed by atoms with Crippen molar-refractivity contribution < 1.29 is 22.4 Å². The summed E-state index contributed by atoms with van der Waals surface area (Å²) in [6.07, 6.45) is -3.20. The number of hydrogen-bond donors (Lipinski definition) is 2. The predicted molar refractivity (Wildman–Crippen MR) is 112 cm³/mol.